The van der Waals surface area contributed by atoms with E-state index < -0.39 is 29.9 Å². The van der Waals surface area contributed by atoms with Crippen molar-refractivity contribution in [3.63, 3.8) is 0 Å². The highest BCUT2D eigenvalue weighted by molar-refractivity contribution is 6.34. The van der Waals surface area contributed by atoms with Crippen LogP contribution in [0.2, 0.25) is 10.0 Å². The number of amides is 2. The van der Waals surface area contributed by atoms with Gasteiger partial charge in [0.05, 0.1) is 11.5 Å². The fraction of sp³-hybridized carbons (Fsp3) is 0.345. The summed E-state index contributed by atoms with van der Waals surface area (Å²) in [6, 6.07) is 12.2. The predicted octanol–water partition coefficient (Wildman–Crippen LogP) is 4.55. The van der Waals surface area contributed by atoms with Crippen molar-refractivity contribution in [2.45, 2.75) is 52.1 Å². The Labute approximate surface area is 254 Å². The molecule has 224 valence electrons. The molecule has 0 aliphatic carbocycles. The molecule has 0 radical (unpaired) electrons. The number of aromatic nitrogens is 3. The number of carboxylic acids is 1. The average Bonchev–Trinajstić information content (AvgIpc) is 3.31. The molecule has 1 aromatic heterocycles. The number of rotatable bonds is 15. The molecule has 2 aromatic carbocycles. The van der Waals surface area contributed by atoms with Crippen LogP contribution in [0.15, 0.2) is 60.9 Å². The van der Waals surface area contributed by atoms with Crippen LogP contribution in [-0.4, -0.2) is 56.3 Å². The van der Waals surface area contributed by atoms with Crippen molar-refractivity contribution < 1.29 is 19.5 Å². The number of nitrogens with zero attached hydrogens (tertiary/aromatic N) is 3. The molecule has 0 spiro atoms. The molecule has 3 aromatic rings. The third-order valence-electron chi connectivity index (χ3n) is 6.08. The Morgan fingerprint density at radius 2 is 1.69 bits per heavy atom. The summed E-state index contributed by atoms with van der Waals surface area (Å²) >= 11 is 12.2. The van der Waals surface area contributed by atoms with Gasteiger partial charge in [-0.25, -0.2) is 14.5 Å². The Hall–Kier alpha value is -4.09. The highest BCUT2D eigenvalue weighted by Gasteiger charge is 2.28. The minimum atomic E-state index is -1.15. The number of halogens is 2. The highest BCUT2D eigenvalue weighted by atomic mass is 35.5. The molecule has 2 atom stereocenters. The molecule has 2 amide bonds. The number of hydrogen-bond acceptors (Lipinski definition) is 7. The van der Waals surface area contributed by atoms with E-state index in [0.717, 1.165) is 5.69 Å². The van der Waals surface area contributed by atoms with Crippen LogP contribution in [0, 0.1) is 12.8 Å². The molecule has 13 heteroatoms. The molecule has 0 saturated heterocycles. The smallest absolute Gasteiger partial charge is 0.326 e. The Morgan fingerprint density at radius 3 is 2.31 bits per heavy atom. The number of benzene rings is 2. The van der Waals surface area contributed by atoms with Crippen LogP contribution >= 0.6 is 23.2 Å². The minimum Gasteiger partial charge on any atom is -0.480 e. The van der Waals surface area contributed by atoms with Crippen LogP contribution in [0.5, 0.6) is 0 Å². The molecule has 0 bridgehead atoms. The van der Waals surface area contributed by atoms with Gasteiger partial charge in [-0.2, -0.15) is 0 Å². The number of aliphatic carboxylic acids is 1. The standard InChI is InChI=1S/C29H35Cl2N7O4/c1-17(2)13-25(29(41)42)36-27(39)24(11-8-12-32-18(3)33-22-9-6-5-7-10-22)35-28(40)26-34-19(4)38(37-26)23-15-20(30)14-21(31)16-23/h5-7,9-10,14-17,24-25,32-33H,3,8,11-13H2,1-2,4H3,(H,35,40)(H,36,39)(H,41,42)/t24-,25+/m0/s1. The molecule has 42 heavy (non-hydrogen) atoms. The maximum atomic E-state index is 13.2. The first kappa shape index (κ1) is 32.4. The summed E-state index contributed by atoms with van der Waals surface area (Å²) in [5.74, 6) is -1.63. The lowest BCUT2D eigenvalue weighted by atomic mass is 10.0. The molecular weight excluding hydrogens is 581 g/mol. The first-order valence-corrected chi connectivity index (χ1v) is 14.2. The number of aryl methyl sites for hydroxylation is 1. The van der Waals surface area contributed by atoms with Gasteiger partial charge in [0.15, 0.2) is 0 Å². The van der Waals surface area contributed by atoms with Crippen molar-refractivity contribution in [1.29, 1.82) is 0 Å². The van der Waals surface area contributed by atoms with E-state index >= 15 is 0 Å². The Kier molecular flexibility index (Phi) is 11.8. The van der Waals surface area contributed by atoms with E-state index in [1.165, 1.54) is 4.68 Å². The summed E-state index contributed by atoms with van der Waals surface area (Å²) in [5.41, 5.74) is 1.38. The zero-order valence-electron chi connectivity index (χ0n) is 23.7. The van der Waals surface area contributed by atoms with Gasteiger partial charge >= 0.3 is 5.97 Å². The van der Waals surface area contributed by atoms with Gasteiger partial charge in [-0.05, 0) is 62.4 Å². The summed E-state index contributed by atoms with van der Waals surface area (Å²) in [5, 5.41) is 26.2. The molecule has 0 aliphatic heterocycles. The van der Waals surface area contributed by atoms with E-state index in [2.05, 4.69) is 37.9 Å². The quantitative estimate of drug-likeness (QED) is 0.156. The van der Waals surface area contributed by atoms with Crippen LogP contribution in [0.3, 0.4) is 0 Å². The lowest BCUT2D eigenvalue weighted by molar-refractivity contribution is -0.142. The average molecular weight is 617 g/mol. The molecule has 1 heterocycles. The van der Waals surface area contributed by atoms with Gasteiger partial charge in [0.2, 0.25) is 11.7 Å². The summed E-state index contributed by atoms with van der Waals surface area (Å²) in [6.07, 6.45) is 0.903. The molecule has 0 fully saturated rings. The highest BCUT2D eigenvalue weighted by Crippen LogP contribution is 2.22. The number of carboxylic acid groups (broad SMARTS) is 1. The van der Waals surface area contributed by atoms with Crippen molar-refractivity contribution in [1.82, 2.24) is 30.7 Å². The zero-order chi connectivity index (χ0) is 30.8. The number of para-hydroxylation sites is 1. The van der Waals surface area contributed by atoms with Gasteiger partial charge in [-0.15, -0.1) is 5.10 Å². The van der Waals surface area contributed by atoms with E-state index in [1.807, 2.05) is 44.2 Å². The molecule has 11 nitrogen and oxygen atoms in total. The molecule has 0 saturated carbocycles. The number of carbonyl (C=O) groups is 3. The lowest BCUT2D eigenvalue weighted by Gasteiger charge is -2.22. The van der Waals surface area contributed by atoms with Crippen molar-refractivity contribution in [3.8, 4) is 5.69 Å². The minimum absolute atomic E-state index is 0.0305. The molecule has 0 unspecified atom stereocenters. The van der Waals surface area contributed by atoms with Gasteiger partial charge in [-0.1, -0.05) is 61.8 Å². The first-order chi connectivity index (χ1) is 19.9. The van der Waals surface area contributed by atoms with E-state index in [1.54, 1.807) is 25.1 Å². The number of anilines is 1. The van der Waals surface area contributed by atoms with Gasteiger partial charge < -0.3 is 26.4 Å². The molecular formula is C29H35Cl2N7O4. The second-order valence-electron chi connectivity index (χ2n) is 10.1. The van der Waals surface area contributed by atoms with E-state index in [4.69, 9.17) is 23.2 Å². The molecule has 5 N–H and O–H groups in total. The summed E-state index contributed by atoms with van der Waals surface area (Å²) in [4.78, 5) is 42.4. The van der Waals surface area contributed by atoms with Crippen LogP contribution in [0.1, 0.15) is 49.6 Å². The second kappa shape index (κ2) is 15.2. The van der Waals surface area contributed by atoms with Crippen molar-refractivity contribution in [2.24, 2.45) is 5.92 Å². The van der Waals surface area contributed by atoms with Crippen LogP contribution in [-0.2, 0) is 9.59 Å². The predicted molar refractivity (Wildman–Crippen MR) is 163 cm³/mol. The Morgan fingerprint density at radius 1 is 1.02 bits per heavy atom. The fourth-order valence-electron chi connectivity index (χ4n) is 4.13. The van der Waals surface area contributed by atoms with Crippen molar-refractivity contribution in [3.05, 3.63) is 82.6 Å². The summed E-state index contributed by atoms with van der Waals surface area (Å²) in [7, 11) is 0. The fourth-order valence-corrected chi connectivity index (χ4v) is 4.65. The van der Waals surface area contributed by atoms with Crippen LogP contribution in [0.4, 0.5) is 5.69 Å². The van der Waals surface area contributed by atoms with Crippen molar-refractivity contribution >= 4 is 46.7 Å². The van der Waals surface area contributed by atoms with Gasteiger partial charge in [-0.3, -0.25) is 9.59 Å². The zero-order valence-corrected chi connectivity index (χ0v) is 25.2. The number of carbonyl (C=O) groups excluding carboxylic acids is 2. The van der Waals surface area contributed by atoms with Crippen molar-refractivity contribution in [2.75, 3.05) is 11.9 Å². The van der Waals surface area contributed by atoms with Gasteiger partial charge in [0, 0.05) is 22.3 Å². The van der Waals surface area contributed by atoms with Crippen LogP contribution < -0.4 is 21.3 Å². The van der Waals surface area contributed by atoms with E-state index in [9.17, 15) is 19.5 Å². The molecule has 0 aliphatic rings. The Bertz CT molecular complexity index is 1390. The number of nitrogens with one attached hydrogen (secondary N) is 4. The maximum absolute atomic E-state index is 13.2. The summed E-state index contributed by atoms with van der Waals surface area (Å²) in [6.45, 7) is 9.77. The topological polar surface area (TPSA) is 150 Å². The van der Waals surface area contributed by atoms with Gasteiger partial charge in [0.25, 0.3) is 5.91 Å². The monoisotopic (exact) mass is 615 g/mol. The van der Waals surface area contributed by atoms with E-state index in [0.29, 0.717) is 40.3 Å². The normalized spacial score (nSPS) is 12.3. The first-order valence-electron chi connectivity index (χ1n) is 13.4. The van der Waals surface area contributed by atoms with Gasteiger partial charge in [0.1, 0.15) is 17.9 Å². The second-order valence-corrected chi connectivity index (χ2v) is 11.0. The lowest BCUT2D eigenvalue weighted by Crippen LogP contribution is -2.52. The number of hydrogen-bond donors (Lipinski definition) is 5. The SMILES string of the molecule is C=C(NCCC[C@H](NC(=O)c1nc(C)n(-c2cc(Cl)cc(Cl)c2)n1)C(=O)N[C@H](CC(C)C)C(=O)O)Nc1ccccc1. The third kappa shape index (κ3) is 9.78. The van der Waals surface area contributed by atoms with Crippen LogP contribution in [0.25, 0.3) is 5.69 Å². The maximum Gasteiger partial charge on any atom is 0.326 e. The third-order valence-corrected chi connectivity index (χ3v) is 6.52. The molecule has 3 rings (SSSR count). The van der Waals surface area contributed by atoms with E-state index in [-0.39, 0.29) is 24.6 Å². The summed E-state index contributed by atoms with van der Waals surface area (Å²) < 4.78 is 1.42. The largest absolute Gasteiger partial charge is 0.480 e. The Balaban J connectivity index is 1.71.